The van der Waals surface area contributed by atoms with Crippen molar-refractivity contribution >= 4 is 24.8 Å². The Bertz CT molecular complexity index is 153. The predicted molar refractivity (Wildman–Crippen MR) is 33.7 cm³/mol. The van der Waals surface area contributed by atoms with Crippen LogP contribution in [0.15, 0.2) is 11.1 Å². The fourth-order valence-electron chi connectivity index (χ4n) is 0.214. The van der Waals surface area contributed by atoms with Gasteiger partial charge in [-0.3, -0.25) is 4.98 Å². The van der Waals surface area contributed by atoms with Gasteiger partial charge in [-0.05, 0) is 0 Å². The molecular weight excluding hydrogens is 153 g/mol. The highest BCUT2D eigenvalue weighted by Gasteiger charge is 1.70. The number of hydrogen-bond acceptors (Lipinski definition) is 2. The Labute approximate surface area is 57.5 Å². The van der Waals surface area contributed by atoms with Crippen LogP contribution >= 0.6 is 24.8 Å². The topological polar surface area (TPSA) is 61.5 Å². The molecule has 6 heteroatoms. The fourth-order valence-corrected chi connectivity index (χ4v) is 0.214. The van der Waals surface area contributed by atoms with Crippen molar-refractivity contribution in [2.75, 3.05) is 0 Å². The van der Waals surface area contributed by atoms with Gasteiger partial charge in [0.1, 0.15) is 6.33 Å². The Balaban J connectivity index is 0. The average Bonchev–Trinajstić information content (AvgIpc) is 1.86. The lowest BCUT2D eigenvalue weighted by Crippen LogP contribution is -1.99. The molecule has 0 fully saturated rings. The molecule has 0 aliphatic heterocycles. The van der Waals surface area contributed by atoms with E-state index in [0.29, 0.717) is 0 Å². The van der Waals surface area contributed by atoms with Gasteiger partial charge in [-0.25, -0.2) is 9.89 Å². The summed E-state index contributed by atoms with van der Waals surface area (Å²) < 4.78 is 0. The maximum absolute atomic E-state index is 9.90. The molecule has 0 aliphatic carbocycles. The van der Waals surface area contributed by atoms with E-state index in [2.05, 4.69) is 15.2 Å². The van der Waals surface area contributed by atoms with Crippen molar-refractivity contribution in [1.29, 1.82) is 0 Å². The van der Waals surface area contributed by atoms with Crippen molar-refractivity contribution in [3.8, 4) is 0 Å². The number of aromatic nitrogens is 3. The van der Waals surface area contributed by atoms with Gasteiger partial charge in [-0.1, -0.05) is 0 Å². The minimum absolute atomic E-state index is 0. The summed E-state index contributed by atoms with van der Waals surface area (Å²) in [5.74, 6) is 0. The zero-order valence-corrected chi connectivity index (χ0v) is 5.38. The van der Waals surface area contributed by atoms with Crippen molar-refractivity contribution in [2.45, 2.75) is 0 Å². The van der Waals surface area contributed by atoms with Gasteiger partial charge in [0.15, 0.2) is 0 Å². The van der Waals surface area contributed by atoms with E-state index >= 15 is 0 Å². The van der Waals surface area contributed by atoms with Crippen LogP contribution in [0.2, 0.25) is 0 Å². The Kier molecular flexibility index (Phi) is 6.13. The van der Waals surface area contributed by atoms with Gasteiger partial charge in [0, 0.05) is 0 Å². The molecule has 1 aromatic heterocycles. The minimum atomic E-state index is -0.269. The third kappa shape index (κ3) is 2.65. The number of hydrogen-bond donors (Lipinski definition) is 2. The van der Waals surface area contributed by atoms with Crippen LogP contribution in [-0.2, 0) is 0 Å². The van der Waals surface area contributed by atoms with E-state index in [4.69, 9.17) is 0 Å². The van der Waals surface area contributed by atoms with Crippen LogP contribution in [0, 0.1) is 0 Å². The van der Waals surface area contributed by atoms with Crippen LogP contribution in [0.1, 0.15) is 0 Å². The highest BCUT2D eigenvalue weighted by molar-refractivity contribution is 5.85. The van der Waals surface area contributed by atoms with Crippen LogP contribution in [0.5, 0.6) is 0 Å². The fraction of sp³-hybridized carbons (Fsp3) is 0. The zero-order valence-electron chi connectivity index (χ0n) is 3.75. The summed E-state index contributed by atoms with van der Waals surface area (Å²) in [5, 5.41) is 5.47. The van der Waals surface area contributed by atoms with E-state index in [-0.39, 0.29) is 30.5 Å². The normalized spacial score (nSPS) is 6.50. The molecule has 0 saturated heterocycles. The largest absolute Gasteiger partial charge is 0.340 e. The third-order valence-corrected chi connectivity index (χ3v) is 0.426. The van der Waals surface area contributed by atoms with Crippen molar-refractivity contribution in [2.24, 2.45) is 0 Å². The summed E-state index contributed by atoms with van der Waals surface area (Å²) in [5.41, 5.74) is -0.269. The van der Waals surface area contributed by atoms with E-state index in [1.165, 1.54) is 6.33 Å². The number of aromatic amines is 2. The van der Waals surface area contributed by atoms with E-state index in [1.54, 1.807) is 0 Å². The van der Waals surface area contributed by atoms with Crippen molar-refractivity contribution in [1.82, 2.24) is 15.2 Å². The molecule has 1 rings (SSSR count). The summed E-state index contributed by atoms with van der Waals surface area (Å²) in [6.07, 6.45) is 1.29. The van der Waals surface area contributed by atoms with Crippen LogP contribution < -0.4 is 5.69 Å². The van der Waals surface area contributed by atoms with Crippen LogP contribution in [0.3, 0.4) is 0 Å². The number of halogens is 2. The summed E-state index contributed by atoms with van der Waals surface area (Å²) in [7, 11) is 0. The molecule has 48 valence electrons. The molecule has 8 heavy (non-hydrogen) atoms. The molecule has 0 saturated carbocycles. The molecule has 0 unspecified atom stereocenters. The lowest BCUT2D eigenvalue weighted by atomic mass is 11.3. The number of H-pyrrole nitrogens is 2. The first kappa shape index (κ1) is 10.5. The zero-order chi connectivity index (χ0) is 4.41. The maximum Gasteiger partial charge on any atom is 0.340 e. The SMILES string of the molecule is Cl.Cl.O=c1[nH]cn[nH]1. The molecule has 0 aromatic carbocycles. The number of rotatable bonds is 0. The van der Waals surface area contributed by atoms with Crippen LogP contribution in [0.25, 0.3) is 0 Å². The molecule has 0 spiro atoms. The van der Waals surface area contributed by atoms with Gasteiger partial charge in [0.05, 0.1) is 0 Å². The lowest BCUT2D eigenvalue weighted by molar-refractivity contribution is 1.05. The van der Waals surface area contributed by atoms with E-state index < -0.39 is 0 Å². The summed E-state index contributed by atoms with van der Waals surface area (Å²) in [6.45, 7) is 0. The molecule has 0 atom stereocenters. The van der Waals surface area contributed by atoms with Gasteiger partial charge < -0.3 is 0 Å². The summed E-state index contributed by atoms with van der Waals surface area (Å²) >= 11 is 0. The van der Waals surface area contributed by atoms with E-state index in [9.17, 15) is 4.79 Å². The average molecular weight is 158 g/mol. The number of nitrogens with one attached hydrogen (secondary N) is 2. The molecule has 0 aliphatic rings. The molecule has 2 N–H and O–H groups in total. The molecule has 1 aromatic rings. The van der Waals surface area contributed by atoms with Crippen molar-refractivity contribution < 1.29 is 0 Å². The monoisotopic (exact) mass is 157 g/mol. The Morgan fingerprint density at radius 2 is 2.12 bits per heavy atom. The van der Waals surface area contributed by atoms with E-state index in [1.807, 2.05) is 0 Å². The van der Waals surface area contributed by atoms with Crippen LogP contribution in [-0.4, -0.2) is 15.2 Å². The second-order valence-electron chi connectivity index (χ2n) is 0.843. The Morgan fingerprint density at radius 3 is 2.25 bits per heavy atom. The highest BCUT2D eigenvalue weighted by Crippen LogP contribution is 1.42. The third-order valence-electron chi connectivity index (χ3n) is 0.426. The van der Waals surface area contributed by atoms with Crippen LogP contribution in [0.4, 0.5) is 0 Å². The number of nitrogens with zero attached hydrogens (tertiary/aromatic N) is 1. The maximum atomic E-state index is 9.90. The first-order valence-electron chi connectivity index (χ1n) is 1.47. The van der Waals surface area contributed by atoms with Gasteiger partial charge in [-0.15, -0.1) is 24.8 Å². The summed E-state index contributed by atoms with van der Waals surface area (Å²) in [6, 6.07) is 0. The second-order valence-corrected chi connectivity index (χ2v) is 0.843. The van der Waals surface area contributed by atoms with Gasteiger partial charge in [-0.2, -0.15) is 5.10 Å². The lowest BCUT2D eigenvalue weighted by Gasteiger charge is -1.49. The van der Waals surface area contributed by atoms with Gasteiger partial charge >= 0.3 is 5.69 Å². The van der Waals surface area contributed by atoms with Gasteiger partial charge in [0.25, 0.3) is 0 Å². The quantitative estimate of drug-likeness (QED) is 0.555. The predicted octanol–water partition coefficient (Wildman–Crippen LogP) is -0.0584. The standard InChI is InChI=1S/C2H3N3O.2ClH/c6-2-3-1-4-5-2;;/h1H,(H2,3,4,5,6);2*1H. The molecule has 0 amide bonds. The Hall–Kier alpha value is -0.480. The smallest absolute Gasteiger partial charge is 0.296 e. The summed E-state index contributed by atoms with van der Waals surface area (Å²) in [4.78, 5) is 12.2. The molecule has 0 bridgehead atoms. The van der Waals surface area contributed by atoms with Gasteiger partial charge in [0.2, 0.25) is 0 Å². The molecular formula is C2H5Cl2N3O. The minimum Gasteiger partial charge on any atom is -0.296 e. The van der Waals surface area contributed by atoms with E-state index in [0.717, 1.165) is 0 Å². The van der Waals surface area contributed by atoms with Crippen molar-refractivity contribution in [3.63, 3.8) is 0 Å². The first-order valence-corrected chi connectivity index (χ1v) is 1.47. The highest BCUT2D eigenvalue weighted by atomic mass is 35.5. The van der Waals surface area contributed by atoms with Crippen molar-refractivity contribution in [3.05, 3.63) is 16.8 Å². The first-order chi connectivity index (χ1) is 2.89. The molecule has 4 nitrogen and oxygen atoms in total. The molecule has 0 radical (unpaired) electrons. The second kappa shape index (κ2) is 4.67. The molecule has 1 heterocycles. The Morgan fingerprint density at radius 1 is 1.50 bits per heavy atom.